The Morgan fingerprint density at radius 3 is 2.73 bits per heavy atom. The number of aliphatic hydroxyl groups is 1. The largest absolute Gasteiger partial charge is 0.393 e. The van der Waals surface area contributed by atoms with E-state index in [2.05, 4.69) is 41.1 Å². The zero-order chi connectivity index (χ0) is 11.1. The van der Waals surface area contributed by atoms with E-state index in [1.807, 2.05) is 0 Å². The molecule has 0 saturated heterocycles. The summed E-state index contributed by atoms with van der Waals surface area (Å²) in [4.78, 5) is 0. The molecule has 0 aromatic heterocycles. The van der Waals surface area contributed by atoms with E-state index in [9.17, 15) is 5.11 Å². The van der Waals surface area contributed by atoms with Crippen molar-refractivity contribution in [3.63, 3.8) is 0 Å². The average molecular weight is 270 g/mol. The lowest BCUT2D eigenvalue weighted by Gasteiger charge is -2.45. The van der Waals surface area contributed by atoms with Crippen molar-refractivity contribution in [2.24, 2.45) is 5.73 Å². The summed E-state index contributed by atoms with van der Waals surface area (Å²) in [6, 6.07) is 6.31. The number of rotatable bonds is 2. The maximum atomic E-state index is 9.47. The zero-order valence-corrected chi connectivity index (χ0v) is 10.4. The van der Waals surface area contributed by atoms with Gasteiger partial charge in [0.1, 0.15) is 0 Å². The Bertz CT molecular complexity index is 372. The molecule has 1 fully saturated rings. The maximum absolute atomic E-state index is 9.47. The fourth-order valence-corrected chi connectivity index (χ4v) is 3.05. The first-order chi connectivity index (χ1) is 7.07. The van der Waals surface area contributed by atoms with E-state index in [1.165, 1.54) is 11.1 Å². The number of hydrogen-bond donors (Lipinski definition) is 2. The molecule has 0 atom stereocenters. The number of halogens is 1. The molecular formula is C12H16BrNO. The summed E-state index contributed by atoms with van der Waals surface area (Å²) in [6.45, 7) is 2.68. The predicted molar refractivity (Wildman–Crippen MR) is 64.9 cm³/mol. The summed E-state index contributed by atoms with van der Waals surface area (Å²) >= 11 is 3.56. The van der Waals surface area contributed by atoms with E-state index in [1.54, 1.807) is 0 Å². The highest BCUT2D eigenvalue weighted by atomic mass is 79.9. The molecule has 0 unspecified atom stereocenters. The van der Waals surface area contributed by atoms with Gasteiger partial charge in [0.15, 0.2) is 0 Å². The Labute approximate surface area is 98.6 Å². The molecule has 0 amide bonds. The lowest BCUT2D eigenvalue weighted by Crippen LogP contribution is -2.50. The van der Waals surface area contributed by atoms with Crippen molar-refractivity contribution in [2.45, 2.75) is 31.3 Å². The van der Waals surface area contributed by atoms with Crippen LogP contribution in [0.3, 0.4) is 0 Å². The molecule has 0 spiro atoms. The molecule has 2 nitrogen and oxygen atoms in total. The van der Waals surface area contributed by atoms with E-state index >= 15 is 0 Å². The van der Waals surface area contributed by atoms with E-state index < -0.39 is 0 Å². The third-order valence-electron chi connectivity index (χ3n) is 3.34. The molecule has 0 radical (unpaired) electrons. The summed E-state index contributed by atoms with van der Waals surface area (Å²) in [5.41, 5.74) is 8.32. The fourth-order valence-electron chi connectivity index (χ4n) is 2.38. The van der Waals surface area contributed by atoms with Crippen LogP contribution in [0.25, 0.3) is 0 Å². The minimum absolute atomic E-state index is 0.00965. The summed E-state index contributed by atoms with van der Waals surface area (Å²) in [5.74, 6) is 0. The minimum Gasteiger partial charge on any atom is -0.393 e. The van der Waals surface area contributed by atoms with Gasteiger partial charge in [0.25, 0.3) is 0 Å². The van der Waals surface area contributed by atoms with E-state index in [4.69, 9.17) is 5.73 Å². The molecule has 1 aliphatic carbocycles. The molecule has 3 N–H and O–H groups in total. The fraction of sp³-hybridized carbons (Fsp3) is 0.500. The van der Waals surface area contributed by atoms with Crippen LogP contribution in [0.2, 0.25) is 0 Å². The summed E-state index contributed by atoms with van der Waals surface area (Å²) in [7, 11) is 0. The Kier molecular flexibility index (Phi) is 2.88. The molecular weight excluding hydrogens is 254 g/mol. The van der Waals surface area contributed by atoms with Crippen molar-refractivity contribution in [1.29, 1.82) is 0 Å². The lowest BCUT2D eigenvalue weighted by atomic mass is 9.62. The van der Waals surface area contributed by atoms with E-state index in [0.717, 1.165) is 17.3 Å². The van der Waals surface area contributed by atoms with Crippen molar-refractivity contribution in [2.75, 3.05) is 6.54 Å². The molecule has 15 heavy (non-hydrogen) atoms. The van der Waals surface area contributed by atoms with E-state index in [-0.39, 0.29) is 11.5 Å². The van der Waals surface area contributed by atoms with Crippen molar-refractivity contribution in [3.8, 4) is 0 Å². The van der Waals surface area contributed by atoms with Gasteiger partial charge in [0.2, 0.25) is 0 Å². The molecule has 0 heterocycles. The number of aliphatic hydroxyl groups excluding tert-OH is 1. The standard InChI is InChI=1S/C12H16BrNO/c1-8-2-3-11(13)10(4-8)12(7-14)5-9(15)6-12/h2-4,9,15H,5-7,14H2,1H3. The van der Waals surface area contributed by atoms with Crippen molar-refractivity contribution in [1.82, 2.24) is 0 Å². The molecule has 3 heteroatoms. The van der Waals surface area contributed by atoms with Gasteiger partial charge < -0.3 is 10.8 Å². The van der Waals surface area contributed by atoms with Crippen LogP contribution in [0.1, 0.15) is 24.0 Å². The monoisotopic (exact) mass is 269 g/mol. The second-order valence-corrected chi connectivity index (χ2v) is 5.38. The zero-order valence-electron chi connectivity index (χ0n) is 8.83. The topological polar surface area (TPSA) is 46.2 Å². The minimum atomic E-state index is -0.180. The Morgan fingerprint density at radius 2 is 2.20 bits per heavy atom. The van der Waals surface area contributed by atoms with Crippen LogP contribution in [0, 0.1) is 6.92 Å². The van der Waals surface area contributed by atoms with Crippen molar-refractivity contribution >= 4 is 15.9 Å². The van der Waals surface area contributed by atoms with E-state index in [0.29, 0.717) is 6.54 Å². The normalized spacial score (nSPS) is 30.0. The molecule has 1 aromatic rings. The number of aryl methyl sites for hydroxylation is 1. The Balaban J connectivity index is 2.39. The molecule has 1 saturated carbocycles. The van der Waals surface area contributed by atoms with Crippen LogP contribution in [-0.4, -0.2) is 17.8 Å². The van der Waals surface area contributed by atoms with Gasteiger partial charge in [-0.15, -0.1) is 0 Å². The van der Waals surface area contributed by atoms with Crippen LogP contribution >= 0.6 is 15.9 Å². The van der Waals surface area contributed by atoms with Crippen molar-refractivity contribution < 1.29 is 5.11 Å². The number of benzene rings is 1. The summed E-state index contributed by atoms with van der Waals surface area (Å²) in [6.07, 6.45) is 1.39. The van der Waals surface area contributed by atoms with Gasteiger partial charge in [-0.25, -0.2) is 0 Å². The highest BCUT2D eigenvalue weighted by Crippen LogP contribution is 2.45. The van der Waals surface area contributed by atoms with Gasteiger partial charge in [-0.05, 0) is 31.4 Å². The van der Waals surface area contributed by atoms with Crippen molar-refractivity contribution in [3.05, 3.63) is 33.8 Å². The number of hydrogen-bond acceptors (Lipinski definition) is 2. The average Bonchev–Trinajstić information content (AvgIpc) is 2.17. The van der Waals surface area contributed by atoms with Gasteiger partial charge in [0.05, 0.1) is 6.10 Å². The number of nitrogens with two attached hydrogens (primary N) is 1. The second-order valence-electron chi connectivity index (χ2n) is 4.53. The van der Waals surface area contributed by atoms with Crippen LogP contribution in [-0.2, 0) is 5.41 Å². The first-order valence-corrected chi connectivity index (χ1v) is 6.01. The predicted octanol–water partition coefficient (Wildman–Crippen LogP) is 2.11. The lowest BCUT2D eigenvalue weighted by molar-refractivity contribution is 0.0218. The first-order valence-electron chi connectivity index (χ1n) is 5.22. The van der Waals surface area contributed by atoms with Crippen LogP contribution in [0.5, 0.6) is 0 Å². The Hall–Kier alpha value is -0.380. The molecule has 1 aliphatic rings. The van der Waals surface area contributed by atoms with Gasteiger partial charge in [-0.1, -0.05) is 33.6 Å². The summed E-state index contributed by atoms with van der Waals surface area (Å²) in [5, 5.41) is 9.47. The van der Waals surface area contributed by atoms with Crippen LogP contribution in [0.15, 0.2) is 22.7 Å². The van der Waals surface area contributed by atoms with Crippen LogP contribution in [0.4, 0.5) is 0 Å². The molecule has 0 aliphatic heterocycles. The molecule has 82 valence electrons. The van der Waals surface area contributed by atoms with Crippen LogP contribution < -0.4 is 5.73 Å². The van der Waals surface area contributed by atoms with Gasteiger partial charge >= 0.3 is 0 Å². The summed E-state index contributed by atoms with van der Waals surface area (Å²) < 4.78 is 1.10. The molecule has 1 aromatic carbocycles. The van der Waals surface area contributed by atoms with Gasteiger partial charge in [-0.2, -0.15) is 0 Å². The smallest absolute Gasteiger partial charge is 0.0558 e. The Morgan fingerprint density at radius 1 is 1.53 bits per heavy atom. The third kappa shape index (κ3) is 1.84. The molecule has 2 rings (SSSR count). The molecule has 0 bridgehead atoms. The highest BCUT2D eigenvalue weighted by Gasteiger charge is 2.44. The highest BCUT2D eigenvalue weighted by molar-refractivity contribution is 9.10. The van der Waals surface area contributed by atoms with Gasteiger partial charge in [0, 0.05) is 16.4 Å². The SMILES string of the molecule is Cc1ccc(Br)c(C2(CN)CC(O)C2)c1. The first kappa shape index (κ1) is 11.1. The third-order valence-corrected chi connectivity index (χ3v) is 4.03. The van der Waals surface area contributed by atoms with Gasteiger partial charge in [-0.3, -0.25) is 0 Å². The maximum Gasteiger partial charge on any atom is 0.0558 e. The quantitative estimate of drug-likeness (QED) is 0.864. The second kappa shape index (κ2) is 3.89.